The van der Waals surface area contributed by atoms with Crippen LogP contribution < -0.4 is 0 Å². The van der Waals surface area contributed by atoms with Gasteiger partial charge in [-0.05, 0) is 91.7 Å². The fourth-order valence-corrected chi connectivity index (χ4v) is 768. The number of hydrogen-bond donors (Lipinski definition) is 28. The van der Waals surface area contributed by atoms with Gasteiger partial charge in [-0.2, -0.15) is 0 Å². The van der Waals surface area contributed by atoms with Crippen LogP contribution in [0.15, 0.2) is 24.9 Å². The maximum atomic E-state index is 13.1. The zero-order valence-electron chi connectivity index (χ0n) is 72.9. The Morgan fingerprint density at radius 2 is 0.769 bits per heavy atom. The van der Waals surface area contributed by atoms with Crippen molar-refractivity contribution in [1.82, 2.24) is 0 Å². The van der Waals surface area contributed by atoms with Gasteiger partial charge in [0.2, 0.25) is 79.3 Å². The van der Waals surface area contributed by atoms with E-state index in [-0.39, 0.29) is 49.4 Å². The van der Waals surface area contributed by atoms with Crippen LogP contribution in [0.5, 0.6) is 0 Å². The molecule has 728 valence electrons. The summed E-state index contributed by atoms with van der Waals surface area (Å²) in [6.45, 7) is -10.5. The molecule has 0 saturated heterocycles. The van der Waals surface area contributed by atoms with Crippen molar-refractivity contribution in [3.8, 4) is 0 Å². The molecule has 0 radical (unpaired) electrons. The molecular weight excluding hydrogens is 2340 g/mol. The summed E-state index contributed by atoms with van der Waals surface area (Å²) in [5.41, 5.74) is 1.80. The van der Waals surface area contributed by atoms with Crippen molar-refractivity contribution in [3.63, 3.8) is 0 Å². The summed E-state index contributed by atoms with van der Waals surface area (Å²) in [5, 5.41) is 36.4. The second-order valence-corrected chi connectivity index (χ2v) is 282. The molecule has 0 spiro atoms. The molecule has 0 saturated carbocycles. The zero-order chi connectivity index (χ0) is 95.2. The van der Waals surface area contributed by atoms with Gasteiger partial charge in [0, 0.05) is 24.0 Å². The largest absolute Gasteiger partial charge is 0.441 e. The fraction of sp³-hybridized carbons (Fsp3) is 0.867. The van der Waals surface area contributed by atoms with E-state index in [4.69, 9.17) is 95.0 Å². The Labute approximate surface area is 778 Å². The summed E-state index contributed by atoms with van der Waals surface area (Å²) in [6.07, 6.45) is -0.983. The van der Waals surface area contributed by atoms with E-state index in [0.29, 0.717) is 16.4 Å². The van der Waals surface area contributed by atoms with E-state index in [0.717, 1.165) is 7.11 Å². The van der Waals surface area contributed by atoms with E-state index < -0.39 is 370 Å². The van der Waals surface area contributed by atoms with Crippen LogP contribution in [-0.4, -0.2) is 585 Å². The molecule has 0 heterocycles. The number of hydrogen-bond acceptors (Lipinski definition) is 48. The average molecular weight is 2490 g/mol. The lowest BCUT2D eigenvalue weighted by atomic mass is 10.4. The van der Waals surface area contributed by atoms with Crippen molar-refractivity contribution < 1.29 is 220 Å². The van der Waals surface area contributed by atoms with Crippen molar-refractivity contribution >= 4 is 371 Å². The number of rotatable bonds is 70. The fourth-order valence-electron chi connectivity index (χ4n) is 13.1. The second kappa shape index (κ2) is 60.1. The molecule has 0 aliphatic rings. The predicted octanol–water partition coefficient (Wildman–Crippen LogP) is -36.5. The molecule has 11 atom stereocenters. The summed E-state index contributed by atoms with van der Waals surface area (Å²) >= 11 is 0. The van der Waals surface area contributed by atoms with Gasteiger partial charge >= 0.3 is 56.1 Å². The summed E-state index contributed by atoms with van der Waals surface area (Å²) in [4.78, 5) is 282. The highest BCUT2D eigenvalue weighted by molar-refractivity contribution is 8.24. The monoisotopic (exact) mass is 2480 g/mol. The van der Waals surface area contributed by atoms with Crippen LogP contribution in [0.2, 0.25) is 91.7 Å². The van der Waals surface area contributed by atoms with Gasteiger partial charge in [0.1, 0.15) is 18.3 Å². The minimum atomic E-state index is -6.73. The van der Waals surface area contributed by atoms with Crippen molar-refractivity contribution in [2.75, 3.05) is 60.5 Å². The molecule has 11 unspecified atom stereocenters. The van der Waals surface area contributed by atoms with E-state index in [1.54, 1.807) is 44.5 Å². The lowest BCUT2D eigenvalue weighted by Gasteiger charge is -2.70. The lowest BCUT2D eigenvalue weighted by Crippen LogP contribution is -3.13. The van der Waals surface area contributed by atoms with Gasteiger partial charge in [0.15, 0.2) is 118 Å². The summed E-state index contributed by atoms with van der Waals surface area (Å²) < 4.78 is 130. The van der Waals surface area contributed by atoms with Crippen LogP contribution in [-0.2, 0) is 84.8 Å². The SMILES string of the molecule is C=CCOCC(O)COCC(O)COCC(O)CO.C=C[Si](C)(C)O[Si](C)(C)O[Si](O[Si](C)(C)O)([Si]([SiH3])(OC)[SiH2]O)[Si](O[SiH2]O)([SiH2]O)[SiH2]O.CO[Si]([SiH3])(O[Si]([Si](O[SiH2]O)([SiH2]O)[SiH2]O)([Si](O[SiH2]O)([SiH2]O)[SiH](C)O)[Si](O[Si](C)(C)O[Si](C)(C)C)(O[Si](O[SiH2]O)([SiH2]O)[Si](C)(C)O)[Si](O[Si](O[SiH2]O)([SiH2]O)[SiH2]O)([Si](O[SiH2]O)([SiH2]O)[SiH2]O)[Si](O[SiH2]O)([SiH2]O)[SiH2]O)[SiH2]O. The Balaban J connectivity index is -0.00000229. The molecule has 0 fully saturated rings. The standard InChI is InChI=1S/C12H24O7.C9H84O31Si32.C9H40O10Si11/c1-2-3-17-6-11(15)7-19-9-12(16)8-18-5-10(14)4-13;1-29-63(41,48-16)38-72(69(56-24,57-25)34-46-14,70(58-26,35-47-15)59(2)27)66(37-62(8,9)36-60(3,4)5,40-65(51-19,31-43-11)61(6,7)28)71(67(52-20,53-21)32-44-12,68(54-22,55-23)33-45-13)39-64(49-17,50-18)30-42-10;1-9-25(3,4)17-27(7,8)19-28(18-26(5,6)14,29(20,15-2)22-11)30(23-12,24-13)16-21-10/h2,10-16H,1,3-9H2;10-28,59H,42-58H2,1-9,41H3;9-14H,1,21-24H2,2-8,20H3. The van der Waals surface area contributed by atoms with Crippen molar-refractivity contribution in [1.29, 1.82) is 0 Å². The van der Waals surface area contributed by atoms with E-state index in [1.165, 1.54) is 39.8 Å². The molecule has 0 aromatic carbocycles. The van der Waals surface area contributed by atoms with Gasteiger partial charge in [-0.25, -0.2) is 0 Å². The van der Waals surface area contributed by atoms with Crippen LogP contribution in [0.4, 0.5) is 0 Å². The molecule has 0 bridgehead atoms. The molecule has 48 nitrogen and oxygen atoms in total. The van der Waals surface area contributed by atoms with Gasteiger partial charge in [-0.15, -0.1) is 13.2 Å². The van der Waals surface area contributed by atoms with Crippen molar-refractivity contribution in [2.24, 2.45) is 0 Å². The van der Waals surface area contributed by atoms with E-state index >= 15 is 0 Å². The van der Waals surface area contributed by atoms with Crippen molar-refractivity contribution in [3.05, 3.63) is 24.9 Å². The normalized spacial score (nSPS) is 22.7. The average Bonchev–Trinajstić information content (AvgIpc) is 0.639. The van der Waals surface area contributed by atoms with E-state index in [1.807, 2.05) is 26.2 Å². The maximum Gasteiger partial charge on any atom is 0.338 e. The third kappa shape index (κ3) is 34.4. The maximum absolute atomic E-state index is 13.1. The molecular formula is C30H148O48Si43. The van der Waals surface area contributed by atoms with Gasteiger partial charge in [0.25, 0.3) is 98.3 Å². The van der Waals surface area contributed by atoms with Crippen LogP contribution in [0.25, 0.3) is 0 Å². The highest BCUT2D eigenvalue weighted by atomic mass is 30.5. The van der Waals surface area contributed by atoms with Gasteiger partial charge in [-0.1, -0.05) is 11.8 Å². The topological polar surface area (TPSA) is 751 Å². The Bertz CT molecular complexity index is 2770. The minimum absolute atomic E-state index is 0.00768. The molecule has 121 heavy (non-hydrogen) atoms. The van der Waals surface area contributed by atoms with E-state index in [2.05, 4.69) is 13.2 Å². The van der Waals surface area contributed by atoms with Gasteiger partial charge < -0.3 is 220 Å². The van der Waals surface area contributed by atoms with Gasteiger partial charge in [-0.3, -0.25) is 0 Å². The predicted molar refractivity (Wildman–Crippen MR) is 559 cm³/mol. The molecule has 0 amide bonds. The first-order valence-corrected chi connectivity index (χ1v) is 149. The second-order valence-electron chi connectivity index (χ2n) is 31.3. The third-order valence-corrected chi connectivity index (χ3v) is 448. The zero-order valence-corrected chi connectivity index (χ0v) is 127. The Hall–Kier alpha value is 6.89. The third-order valence-electron chi connectivity index (χ3n) is 18.8. The number of ether oxygens (including phenoxy) is 3. The molecule has 0 aliphatic carbocycles. The van der Waals surface area contributed by atoms with Crippen LogP contribution in [0.3, 0.4) is 0 Å². The summed E-state index contributed by atoms with van der Waals surface area (Å²) in [6, 6.07) is 0. The summed E-state index contributed by atoms with van der Waals surface area (Å²) in [7, 11) is -108. The van der Waals surface area contributed by atoms with Gasteiger partial charge in [0.05, 0.1) is 56.0 Å². The molecule has 28 N–H and O–H groups in total. The summed E-state index contributed by atoms with van der Waals surface area (Å²) in [5.74, 6) is 0. The first-order valence-electron chi connectivity index (χ1n) is 37.6. The lowest BCUT2D eigenvalue weighted by molar-refractivity contribution is -0.0662. The molecule has 0 aromatic rings. The highest BCUT2D eigenvalue weighted by Gasteiger charge is 2.99. The van der Waals surface area contributed by atoms with Crippen molar-refractivity contribution in [2.45, 2.75) is 110 Å². The quantitative estimate of drug-likeness (QED) is 0.0153. The van der Waals surface area contributed by atoms with Crippen LogP contribution >= 0.6 is 0 Å². The smallest absolute Gasteiger partial charge is 0.338 e. The number of aliphatic hydroxyl groups excluding tert-OH is 4. The molecule has 0 rings (SSSR count). The highest BCUT2D eigenvalue weighted by Crippen LogP contribution is 2.53. The Kier molecular flexibility index (Phi) is 65.6. The number of aliphatic hydroxyl groups is 4. The van der Waals surface area contributed by atoms with Crippen LogP contribution in [0, 0.1) is 0 Å². The Morgan fingerprint density at radius 3 is 1.07 bits per heavy atom. The van der Waals surface area contributed by atoms with Crippen LogP contribution in [0.1, 0.15) is 0 Å². The van der Waals surface area contributed by atoms with E-state index in [9.17, 15) is 125 Å². The first kappa shape index (κ1) is 132. The Morgan fingerprint density at radius 1 is 0.388 bits per heavy atom. The molecule has 91 heteroatoms. The molecule has 0 aliphatic heterocycles. The molecule has 0 aromatic heterocycles. The first-order chi connectivity index (χ1) is 55.9. The minimum Gasteiger partial charge on any atom is -0.441 e.